The highest BCUT2D eigenvalue weighted by molar-refractivity contribution is 14.0. The molecule has 0 aliphatic carbocycles. The number of nitrogens with zero attached hydrogens (tertiary/aromatic N) is 4. The summed E-state index contributed by atoms with van der Waals surface area (Å²) in [5.74, 6) is 1.22. The molecule has 2 heterocycles. The number of benzene rings is 1. The van der Waals surface area contributed by atoms with E-state index in [0.717, 1.165) is 45.2 Å². The van der Waals surface area contributed by atoms with E-state index in [9.17, 15) is 4.79 Å². The predicted octanol–water partition coefficient (Wildman–Crippen LogP) is 3.27. The quantitative estimate of drug-likeness (QED) is 0.333. The van der Waals surface area contributed by atoms with Crippen LogP contribution in [0.2, 0.25) is 0 Å². The zero-order valence-corrected chi connectivity index (χ0v) is 21.0. The number of carbonyl (C=O) groups is 1. The van der Waals surface area contributed by atoms with Gasteiger partial charge in [0.1, 0.15) is 0 Å². The van der Waals surface area contributed by atoms with Crippen LogP contribution < -0.4 is 5.32 Å². The minimum Gasteiger partial charge on any atom is -0.459 e. The van der Waals surface area contributed by atoms with Gasteiger partial charge in [-0.1, -0.05) is 38.1 Å². The number of rotatable bonds is 7. The standard InChI is InChI=1S/C23H33N5O2.HI/c1-4-26(5-2)18-20-9-6-8-19(16-20)17-25-23(24-3)28-13-11-27(12-14-28)22(29)21-10-7-15-30-21;/h6-10,15-16H,4-5,11-14,17-18H2,1-3H3,(H,24,25);1H. The number of furan rings is 1. The molecule has 1 aromatic carbocycles. The topological polar surface area (TPSA) is 64.3 Å². The van der Waals surface area contributed by atoms with Crippen LogP contribution in [0.3, 0.4) is 0 Å². The third-order valence-corrected chi connectivity index (χ3v) is 5.55. The summed E-state index contributed by atoms with van der Waals surface area (Å²) in [6, 6.07) is 12.2. The zero-order chi connectivity index (χ0) is 21.3. The molecule has 1 fully saturated rings. The summed E-state index contributed by atoms with van der Waals surface area (Å²) in [6.45, 7) is 11.0. The number of hydrogen-bond acceptors (Lipinski definition) is 4. The Labute approximate surface area is 202 Å². The first-order chi connectivity index (χ1) is 14.6. The molecule has 0 radical (unpaired) electrons. The minimum absolute atomic E-state index is 0. The summed E-state index contributed by atoms with van der Waals surface area (Å²) in [7, 11) is 1.81. The number of carbonyl (C=O) groups excluding carboxylic acids is 1. The van der Waals surface area contributed by atoms with Crippen molar-refractivity contribution in [2.75, 3.05) is 46.3 Å². The van der Waals surface area contributed by atoms with E-state index in [1.165, 1.54) is 17.4 Å². The fourth-order valence-corrected chi connectivity index (χ4v) is 3.73. The van der Waals surface area contributed by atoms with E-state index in [0.29, 0.717) is 18.8 Å². The lowest BCUT2D eigenvalue weighted by atomic mass is 10.1. The number of amides is 1. The molecule has 1 saturated heterocycles. The van der Waals surface area contributed by atoms with Gasteiger partial charge in [0.2, 0.25) is 0 Å². The fourth-order valence-electron chi connectivity index (χ4n) is 3.73. The molecule has 1 aliphatic rings. The number of hydrogen-bond donors (Lipinski definition) is 1. The van der Waals surface area contributed by atoms with Crippen LogP contribution in [-0.2, 0) is 13.1 Å². The normalized spacial score (nSPS) is 14.5. The van der Waals surface area contributed by atoms with Crippen molar-refractivity contribution in [3.05, 3.63) is 59.5 Å². The lowest BCUT2D eigenvalue weighted by Crippen LogP contribution is -2.53. The first-order valence-corrected chi connectivity index (χ1v) is 10.7. The maximum atomic E-state index is 12.4. The van der Waals surface area contributed by atoms with E-state index >= 15 is 0 Å². The van der Waals surface area contributed by atoms with Crippen molar-refractivity contribution in [2.45, 2.75) is 26.9 Å². The summed E-state index contributed by atoms with van der Waals surface area (Å²) < 4.78 is 5.24. The summed E-state index contributed by atoms with van der Waals surface area (Å²) >= 11 is 0. The van der Waals surface area contributed by atoms with Crippen molar-refractivity contribution < 1.29 is 9.21 Å². The van der Waals surface area contributed by atoms with Crippen LogP contribution >= 0.6 is 24.0 Å². The second kappa shape index (κ2) is 12.7. The Bertz CT molecular complexity index is 828. The van der Waals surface area contributed by atoms with Gasteiger partial charge < -0.3 is 19.5 Å². The van der Waals surface area contributed by atoms with Gasteiger partial charge in [-0.2, -0.15) is 0 Å². The van der Waals surface area contributed by atoms with E-state index in [1.807, 2.05) is 4.90 Å². The Balaban J connectivity index is 0.00000341. The second-order valence-electron chi connectivity index (χ2n) is 7.44. The van der Waals surface area contributed by atoms with Crippen molar-refractivity contribution in [3.63, 3.8) is 0 Å². The number of guanidine groups is 1. The molecule has 170 valence electrons. The first-order valence-electron chi connectivity index (χ1n) is 10.7. The largest absolute Gasteiger partial charge is 0.459 e. The molecule has 31 heavy (non-hydrogen) atoms. The highest BCUT2D eigenvalue weighted by Crippen LogP contribution is 2.11. The molecular weight excluding hydrogens is 505 g/mol. The van der Waals surface area contributed by atoms with E-state index in [-0.39, 0.29) is 29.9 Å². The molecule has 1 aromatic heterocycles. The lowest BCUT2D eigenvalue weighted by Gasteiger charge is -2.36. The molecule has 8 heteroatoms. The predicted molar refractivity (Wildman–Crippen MR) is 135 cm³/mol. The summed E-state index contributed by atoms with van der Waals surface area (Å²) in [5.41, 5.74) is 2.57. The summed E-state index contributed by atoms with van der Waals surface area (Å²) in [4.78, 5) is 23.3. The molecule has 0 saturated carbocycles. The van der Waals surface area contributed by atoms with Gasteiger partial charge in [0.15, 0.2) is 11.7 Å². The summed E-state index contributed by atoms with van der Waals surface area (Å²) in [5, 5.41) is 3.48. The van der Waals surface area contributed by atoms with E-state index in [4.69, 9.17) is 4.42 Å². The third-order valence-electron chi connectivity index (χ3n) is 5.55. The van der Waals surface area contributed by atoms with Gasteiger partial charge in [-0.15, -0.1) is 24.0 Å². The van der Waals surface area contributed by atoms with Crippen LogP contribution in [0.4, 0.5) is 0 Å². The number of piperazine rings is 1. The fraction of sp³-hybridized carbons (Fsp3) is 0.478. The van der Waals surface area contributed by atoms with Gasteiger partial charge in [-0.25, -0.2) is 0 Å². The van der Waals surface area contributed by atoms with Gasteiger partial charge >= 0.3 is 0 Å². The molecule has 0 bridgehead atoms. The highest BCUT2D eigenvalue weighted by Gasteiger charge is 2.25. The Morgan fingerprint density at radius 3 is 2.35 bits per heavy atom. The second-order valence-corrected chi connectivity index (χ2v) is 7.44. The van der Waals surface area contributed by atoms with Crippen LogP contribution in [-0.4, -0.2) is 72.9 Å². The molecule has 2 aromatic rings. The van der Waals surface area contributed by atoms with Crippen LogP contribution in [0.1, 0.15) is 35.5 Å². The SMILES string of the molecule is CCN(CC)Cc1cccc(CNC(=NC)N2CCN(C(=O)c3ccco3)CC2)c1.I. The lowest BCUT2D eigenvalue weighted by molar-refractivity contribution is 0.0657. The van der Waals surface area contributed by atoms with Crippen LogP contribution in [0.15, 0.2) is 52.1 Å². The highest BCUT2D eigenvalue weighted by atomic mass is 127. The molecule has 1 amide bonds. The van der Waals surface area contributed by atoms with Crippen molar-refractivity contribution in [2.24, 2.45) is 4.99 Å². The number of halogens is 1. The summed E-state index contributed by atoms with van der Waals surface area (Å²) in [6.07, 6.45) is 1.53. The van der Waals surface area contributed by atoms with Crippen LogP contribution in [0.25, 0.3) is 0 Å². The van der Waals surface area contributed by atoms with Crippen LogP contribution in [0, 0.1) is 0 Å². The maximum Gasteiger partial charge on any atom is 0.289 e. The van der Waals surface area contributed by atoms with Gasteiger partial charge in [0, 0.05) is 46.3 Å². The van der Waals surface area contributed by atoms with Crippen molar-refractivity contribution in [1.82, 2.24) is 20.0 Å². The maximum absolute atomic E-state index is 12.4. The van der Waals surface area contributed by atoms with E-state index < -0.39 is 0 Å². The Kier molecular flexibility index (Phi) is 10.3. The average molecular weight is 539 g/mol. The number of nitrogens with one attached hydrogen (secondary N) is 1. The molecule has 1 aliphatic heterocycles. The average Bonchev–Trinajstić information content (AvgIpc) is 3.33. The van der Waals surface area contributed by atoms with Gasteiger partial charge in [0.05, 0.1) is 6.26 Å². The monoisotopic (exact) mass is 539 g/mol. The number of aliphatic imine (C=N–C) groups is 1. The molecule has 0 atom stereocenters. The van der Waals surface area contributed by atoms with Crippen molar-refractivity contribution >= 4 is 35.8 Å². The van der Waals surface area contributed by atoms with Crippen molar-refractivity contribution in [1.29, 1.82) is 0 Å². The van der Waals surface area contributed by atoms with Crippen molar-refractivity contribution in [3.8, 4) is 0 Å². The molecule has 0 unspecified atom stereocenters. The van der Waals surface area contributed by atoms with Gasteiger partial charge in [-0.05, 0) is 36.3 Å². The third kappa shape index (κ3) is 6.96. The molecular formula is C23H34IN5O2. The van der Waals surface area contributed by atoms with Gasteiger partial charge in [-0.3, -0.25) is 14.7 Å². The molecule has 3 rings (SSSR count). The smallest absolute Gasteiger partial charge is 0.289 e. The zero-order valence-electron chi connectivity index (χ0n) is 18.7. The Morgan fingerprint density at radius 2 is 1.74 bits per heavy atom. The Morgan fingerprint density at radius 1 is 1.06 bits per heavy atom. The molecule has 7 nitrogen and oxygen atoms in total. The molecule has 1 N–H and O–H groups in total. The molecule has 0 spiro atoms. The Hall–Kier alpha value is -2.07. The van der Waals surface area contributed by atoms with E-state index in [2.05, 4.69) is 58.2 Å². The van der Waals surface area contributed by atoms with E-state index in [1.54, 1.807) is 19.2 Å². The van der Waals surface area contributed by atoms with Gasteiger partial charge in [0.25, 0.3) is 5.91 Å². The first kappa shape index (κ1) is 25.2. The minimum atomic E-state index is -0.0485. The van der Waals surface area contributed by atoms with Crippen LogP contribution in [0.5, 0.6) is 0 Å².